The maximum Gasteiger partial charge on any atom is 0.0457 e. The summed E-state index contributed by atoms with van der Waals surface area (Å²) in [5.74, 6) is 0.819. The van der Waals surface area contributed by atoms with E-state index in [9.17, 15) is 0 Å². The SMILES string of the molecule is Clc1ccc2[nH]c(CC3CCNCC3)cc2c1. The van der Waals surface area contributed by atoms with Crippen molar-refractivity contribution in [3.8, 4) is 0 Å². The standard InChI is InChI=1S/C14H17ClN2/c15-12-1-2-14-11(8-12)9-13(17-14)7-10-3-5-16-6-4-10/h1-2,8-10,16-17H,3-7H2. The number of H-pyrrole nitrogens is 1. The lowest BCUT2D eigenvalue weighted by molar-refractivity contribution is 0.371. The van der Waals surface area contributed by atoms with Crippen molar-refractivity contribution in [1.82, 2.24) is 10.3 Å². The van der Waals surface area contributed by atoms with Crippen LogP contribution in [0.25, 0.3) is 10.9 Å². The molecule has 0 aliphatic carbocycles. The average molecular weight is 249 g/mol. The fourth-order valence-corrected chi connectivity index (χ4v) is 2.85. The van der Waals surface area contributed by atoms with Crippen LogP contribution in [0.15, 0.2) is 24.3 Å². The van der Waals surface area contributed by atoms with E-state index in [2.05, 4.69) is 22.4 Å². The summed E-state index contributed by atoms with van der Waals surface area (Å²) in [4.78, 5) is 3.49. The van der Waals surface area contributed by atoms with E-state index in [1.807, 2.05) is 12.1 Å². The molecule has 0 atom stereocenters. The second-order valence-electron chi connectivity index (χ2n) is 4.92. The zero-order chi connectivity index (χ0) is 11.7. The predicted molar refractivity (Wildman–Crippen MR) is 72.6 cm³/mol. The number of halogens is 1. The Labute approximate surface area is 106 Å². The highest BCUT2D eigenvalue weighted by molar-refractivity contribution is 6.31. The van der Waals surface area contributed by atoms with Gasteiger partial charge in [0.15, 0.2) is 0 Å². The van der Waals surface area contributed by atoms with Gasteiger partial charge >= 0.3 is 0 Å². The van der Waals surface area contributed by atoms with Crippen molar-refractivity contribution in [2.24, 2.45) is 5.92 Å². The molecule has 1 aliphatic rings. The predicted octanol–water partition coefficient (Wildman–Crippen LogP) is 3.36. The van der Waals surface area contributed by atoms with Crippen LogP contribution in [-0.4, -0.2) is 18.1 Å². The zero-order valence-electron chi connectivity index (χ0n) is 9.80. The monoisotopic (exact) mass is 248 g/mol. The van der Waals surface area contributed by atoms with Gasteiger partial charge in [0, 0.05) is 21.6 Å². The molecule has 2 aromatic rings. The van der Waals surface area contributed by atoms with Gasteiger partial charge in [0.05, 0.1) is 0 Å². The number of hydrogen-bond acceptors (Lipinski definition) is 1. The molecular formula is C14H17ClN2. The molecular weight excluding hydrogens is 232 g/mol. The number of benzene rings is 1. The summed E-state index contributed by atoms with van der Waals surface area (Å²) in [5, 5.41) is 5.44. The number of aromatic nitrogens is 1. The van der Waals surface area contributed by atoms with E-state index < -0.39 is 0 Å². The summed E-state index contributed by atoms with van der Waals surface area (Å²) >= 11 is 6.00. The largest absolute Gasteiger partial charge is 0.358 e. The Bertz CT molecular complexity index is 512. The number of aromatic amines is 1. The average Bonchev–Trinajstić information content (AvgIpc) is 2.71. The topological polar surface area (TPSA) is 27.8 Å². The third-order valence-electron chi connectivity index (χ3n) is 3.61. The van der Waals surface area contributed by atoms with Crippen molar-refractivity contribution >= 4 is 22.5 Å². The van der Waals surface area contributed by atoms with E-state index in [-0.39, 0.29) is 0 Å². The number of hydrogen-bond donors (Lipinski definition) is 2. The third-order valence-corrected chi connectivity index (χ3v) is 3.84. The molecule has 0 bridgehead atoms. The van der Waals surface area contributed by atoms with Crippen LogP contribution in [0.2, 0.25) is 5.02 Å². The van der Waals surface area contributed by atoms with Gasteiger partial charge in [-0.15, -0.1) is 0 Å². The number of fused-ring (bicyclic) bond motifs is 1. The summed E-state index contributed by atoms with van der Waals surface area (Å²) < 4.78 is 0. The Morgan fingerprint density at radius 3 is 2.82 bits per heavy atom. The molecule has 1 aromatic heterocycles. The van der Waals surface area contributed by atoms with Gasteiger partial charge in [-0.1, -0.05) is 11.6 Å². The van der Waals surface area contributed by atoms with Gasteiger partial charge in [-0.2, -0.15) is 0 Å². The highest BCUT2D eigenvalue weighted by Gasteiger charge is 2.14. The highest BCUT2D eigenvalue weighted by Crippen LogP contribution is 2.23. The Morgan fingerprint density at radius 1 is 1.18 bits per heavy atom. The normalized spacial score (nSPS) is 17.7. The van der Waals surface area contributed by atoms with Gasteiger partial charge < -0.3 is 10.3 Å². The maximum absolute atomic E-state index is 6.00. The molecule has 1 fully saturated rings. The molecule has 17 heavy (non-hydrogen) atoms. The van der Waals surface area contributed by atoms with Crippen molar-refractivity contribution in [2.75, 3.05) is 13.1 Å². The molecule has 0 spiro atoms. The molecule has 0 amide bonds. The van der Waals surface area contributed by atoms with Crippen molar-refractivity contribution in [2.45, 2.75) is 19.3 Å². The molecule has 2 heterocycles. The van der Waals surface area contributed by atoms with E-state index in [1.165, 1.54) is 29.4 Å². The molecule has 3 heteroatoms. The maximum atomic E-state index is 6.00. The van der Waals surface area contributed by atoms with Crippen LogP contribution in [0.3, 0.4) is 0 Å². The van der Waals surface area contributed by atoms with Crippen LogP contribution in [0, 0.1) is 5.92 Å². The van der Waals surface area contributed by atoms with Crippen molar-refractivity contribution in [3.05, 3.63) is 35.0 Å². The first-order valence-electron chi connectivity index (χ1n) is 6.29. The van der Waals surface area contributed by atoms with Crippen molar-refractivity contribution < 1.29 is 0 Å². The molecule has 0 saturated carbocycles. The number of piperidine rings is 1. The molecule has 90 valence electrons. The minimum absolute atomic E-state index is 0.810. The minimum atomic E-state index is 0.810. The van der Waals surface area contributed by atoms with Crippen molar-refractivity contribution in [3.63, 3.8) is 0 Å². The summed E-state index contributed by atoms with van der Waals surface area (Å²) in [6.07, 6.45) is 3.74. The van der Waals surface area contributed by atoms with Crippen molar-refractivity contribution in [1.29, 1.82) is 0 Å². The summed E-state index contributed by atoms with van der Waals surface area (Å²) in [7, 11) is 0. The fourth-order valence-electron chi connectivity index (χ4n) is 2.67. The molecule has 1 aromatic carbocycles. The van der Waals surface area contributed by atoms with Crippen LogP contribution in [0.1, 0.15) is 18.5 Å². The Morgan fingerprint density at radius 2 is 2.00 bits per heavy atom. The number of nitrogens with one attached hydrogen (secondary N) is 2. The zero-order valence-corrected chi connectivity index (χ0v) is 10.6. The summed E-state index contributed by atoms with van der Waals surface area (Å²) in [5.41, 5.74) is 2.53. The lowest BCUT2D eigenvalue weighted by Gasteiger charge is -2.21. The van der Waals surface area contributed by atoms with E-state index in [4.69, 9.17) is 11.6 Å². The summed E-state index contributed by atoms with van der Waals surface area (Å²) in [6, 6.07) is 8.26. The van der Waals surface area contributed by atoms with Crippen LogP contribution < -0.4 is 5.32 Å². The van der Waals surface area contributed by atoms with E-state index in [0.717, 1.165) is 30.5 Å². The highest BCUT2D eigenvalue weighted by atomic mass is 35.5. The first kappa shape index (κ1) is 11.1. The fraction of sp³-hybridized carbons (Fsp3) is 0.429. The Balaban J connectivity index is 1.80. The van der Waals surface area contributed by atoms with Crippen LogP contribution in [0.4, 0.5) is 0 Å². The second kappa shape index (κ2) is 4.71. The van der Waals surface area contributed by atoms with Gasteiger partial charge in [-0.05, 0) is 62.5 Å². The minimum Gasteiger partial charge on any atom is -0.358 e. The molecule has 2 nitrogen and oxygen atoms in total. The van der Waals surface area contributed by atoms with Gasteiger partial charge in [-0.25, -0.2) is 0 Å². The Kier molecular flexibility index (Phi) is 3.08. The second-order valence-corrected chi connectivity index (χ2v) is 5.36. The van der Waals surface area contributed by atoms with Crippen LogP contribution >= 0.6 is 11.6 Å². The van der Waals surface area contributed by atoms with E-state index >= 15 is 0 Å². The van der Waals surface area contributed by atoms with Gasteiger partial charge in [0.1, 0.15) is 0 Å². The van der Waals surface area contributed by atoms with Crippen LogP contribution in [-0.2, 0) is 6.42 Å². The first-order valence-corrected chi connectivity index (χ1v) is 6.67. The smallest absolute Gasteiger partial charge is 0.0457 e. The number of rotatable bonds is 2. The van der Waals surface area contributed by atoms with E-state index in [0.29, 0.717) is 0 Å². The van der Waals surface area contributed by atoms with Gasteiger partial charge in [0.25, 0.3) is 0 Å². The first-order chi connectivity index (χ1) is 8.31. The molecule has 0 radical (unpaired) electrons. The lowest BCUT2D eigenvalue weighted by atomic mass is 9.93. The summed E-state index contributed by atoms with van der Waals surface area (Å²) in [6.45, 7) is 2.33. The molecule has 1 saturated heterocycles. The van der Waals surface area contributed by atoms with Crippen LogP contribution in [0.5, 0.6) is 0 Å². The third kappa shape index (κ3) is 2.48. The quantitative estimate of drug-likeness (QED) is 0.838. The Hall–Kier alpha value is -0.990. The molecule has 1 aliphatic heterocycles. The van der Waals surface area contributed by atoms with Gasteiger partial charge in [-0.3, -0.25) is 0 Å². The molecule has 2 N–H and O–H groups in total. The lowest BCUT2D eigenvalue weighted by Crippen LogP contribution is -2.28. The molecule has 0 unspecified atom stereocenters. The van der Waals surface area contributed by atoms with E-state index in [1.54, 1.807) is 0 Å². The van der Waals surface area contributed by atoms with Gasteiger partial charge in [0.2, 0.25) is 0 Å². The molecule has 3 rings (SSSR count).